The van der Waals surface area contributed by atoms with Gasteiger partial charge < -0.3 is 15.0 Å². The number of carbonyl (C=O) groups excluding carboxylic acids is 1. The second kappa shape index (κ2) is 7.90. The highest BCUT2D eigenvalue weighted by Crippen LogP contribution is 2.30. The van der Waals surface area contributed by atoms with Crippen molar-refractivity contribution in [2.45, 2.75) is 25.7 Å². The van der Waals surface area contributed by atoms with Crippen LogP contribution in [0.15, 0.2) is 48.5 Å². The van der Waals surface area contributed by atoms with Gasteiger partial charge in [-0.25, -0.2) is 4.79 Å². The molecule has 3 rings (SSSR count). The topological polar surface area (TPSA) is 41.6 Å². The van der Waals surface area contributed by atoms with Crippen LogP contribution in [-0.4, -0.2) is 30.8 Å². The number of halogens is 3. The summed E-state index contributed by atoms with van der Waals surface area (Å²) in [5.41, 5.74) is 2.51. The SMILES string of the molecule is COc1ccc2c(c1)CN(C(=O)NCC(Cc1ccccc1)C(F)(F)F)C2. The molecule has 2 amide bonds. The molecule has 1 heterocycles. The molecule has 0 aromatic heterocycles. The zero-order valence-corrected chi connectivity index (χ0v) is 14.9. The van der Waals surface area contributed by atoms with Crippen LogP contribution in [0.25, 0.3) is 0 Å². The predicted octanol–water partition coefficient (Wildman–Crippen LogP) is 4.14. The molecule has 0 fully saturated rings. The Morgan fingerprint density at radius 1 is 1.15 bits per heavy atom. The lowest BCUT2D eigenvalue weighted by molar-refractivity contribution is -0.172. The van der Waals surface area contributed by atoms with E-state index in [1.165, 1.54) is 4.90 Å². The van der Waals surface area contributed by atoms with E-state index in [-0.39, 0.29) is 6.42 Å². The summed E-state index contributed by atoms with van der Waals surface area (Å²) in [7, 11) is 1.56. The molecule has 1 N–H and O–H groups in total. The average molecular weight is 378 g/mol. The minimum atomic E-state index is -4.38. The molecule has 0 bridgehead atoms. The Hall–Kier alpha value is -2.70. The number of amides is 2. The Kier molecular flexibility index (Phi) is 5.58. The minimum Gasteiger partial charge on any atom is -0.497 e. The first-order chi connectivity index (χ1) is 12.9. The summed E-state index contributed by atoms with van der Waals surface area (Å²) >= 11 is 0. The van der Waals surface area contributed by atoms with Crippen molar-refractivity contribution in [3.8, 4) is 5.75 Å². The van der Waals surface area contributed by atoms with E-state index in [1.807, 2.05) is 12.1 Å². The molecule has 144 valence electrons. The van der Waals surface area contributed by atoms with Crippen LogP contribution < -0.4 is 10.1 Å². The van der Waals surface area contributed by atoms with E-state index < -0.39 is 24.7 Å². The van der Waals surface area contributed by atoms with Gasteiger partial charge in [-0.15, -0.1) is 0 Å². The molecule has 0 aliphatic carbocycles. The van der Waals surface area contributed by atoms with Crippen molar-refractivity contribution in [1.29, 1.82) is 0 Å². The van der Waals surface area contributed by atoms with Crippen molar-refractivity contribution < 1.29 is 22.7 Å². The van der Waals surface area contributed by atoms with Gasteiger partial charge in [0.05, 0.1) is 13.0 Å². The van der Waals surface area contributed by atoms with Gasteiger partial charge in [-0.2, -0.15) is 13.2 Å². The molecule has 27 heavy (non-hydrogen) atoms. The average Bonchev–Trinajstić information content (AvgIpc) is 3.08. The third-order valence-electron chi connectivity index (χ3n) is 4.71. The van der Waals surface area contributed by atoms with Crippen LogP contribution in [0, 0.1) is 5.92 Å². The van der Waals surface area contributed by atoms with Crippen molar-refractivity contribution in [2.75, 3.05) is 13.7 Å². The van der Waals surface area contributed by atoms with Crippen LogP contribution in [-0.2, 0) is 19.5 Å². The Morgan fingerprint density at radius 3 is 2.52 bits per heavy atom. The third kappa shape index (κ3) is 4.72. The summed E-state index contributed by atoms with van der Waals surface area (Å²) < 4.78 is 45.2. The van der Waals surface area contributed by atoms with E-state index >= 15 is 0 Å². The lowest BCUT2D eigenvalue weighted by atomic mass is 9.99. The number of fused-ring (bicyclic) bond motifs is 1. The van der Waals surface area contributed by atoms with Crippen LogP contribution in [0.2, 0.25) is 0 Å². The van der Waals surface area contributed by atoms with Crippen molar-refractivity contribution in [1.82, 2.24) is 10.2 Å². The van der Waals surface area contributed by atoms with Gasteiger partial charge in [0.15, 0.2) is 0 Å². The number of alkyl halides is 3. The van der Waals surface area contributed by atoms with Crippen molar-refractivity contribution in [2.24, 2.45) is 5.92 Å². The minimum absolute atomic E-state index is 0.165. The van der Waals surface area contributed by atoms with Gasteiger partial charge in [-0.05, 0) is 35.2 Å². The molecule has 0 saturated carbocycles. The first-order valence-corrected chi connectivity index (χ1v) is 8.66. The number of rotatable bonds is 5. The van der Waals surface area contributed by atoms with Crippen molar-refractivity contribution in [3.63, 3.8) is 0 Å². The second-order valence-electron chi connectivity index (χ2n) is 6.61. The largest absolute Gasteiger partial charge is 0.497 e. The maximum Gasteiger partial charge on any atom is 0.393 e. The third-order valence-corrected chi connectivity index (χ3v) is 4.71. The van der Waals surface area contributed by atoms with Gasteiger partial charge in [0.2, 0.25) is 0 Å². The van der Waals surface area contributed by atoms with Gasteiger partial charge >= 0.3 is 12.2 Å². The van der Waals surface area contributed by atoms with Crippen LogP contribution in [0.5, 0.6) is 5.75 Å². The zero-order valence-electron chi connectivity index (χ0n) is 14.9. The molecule has 1 aliphatic rings. The van der Waals surface area contributed by atoms with Crippen molar-refractivity contribution in [3.05, 3.63) is 65.2 Å². The molecule has 7 heteroatoms. The number of nitrogens with one attached hydrogen (secondary N) is 1. The number of methoxy groups -OCH3 is 1. The van der Waals surface area contributed by atoms with Gasteiger partial charge in [0, 0.05) is 19.6 Å². The van der Waals surface area contributed by atoms with E-state index in [0.29, 0.717) is 24.4 Å². The monoisotopic (exact) mass is 378 g/mol. The van der Waals surface area contributed by atoms with Crippen LogP contribution in [0.1, 0.15) is 16.7 Å². The molecule has 2 aromatic carbocycles. The number of nitrogens with zero attached hydrogens (tertiary/aromatic N) is 1. The number of urea groups is 1. The Balaban J connectivity index is 1.60. The van der Waals surface area contributed by atoms with Gasteiger partial charge in [0.25, 0.3) is 0 Å². The molecule has 4 nitrogen and oxygen atoms in total. The molecule has 1 atom stereocenters. The molecule has 2 aromatic rings. The highest BCUT2D eigenvalue weighted by atomic mass is 19.4. The van der Waals surface area contributed by atoms with E-state index in [4.69, 9.17) is 4.74 Å². The summed E-state index contributed by atoms with van der Waals surface area (Å²) in [6, 6.07) is 13.5. The molecular weight excluding hydrogens is 357 g/mol. The number of ether oxygens (including phenoxy) is 1. The number of carbonyl (C=O) groups is 1. The maximum atomic E-state index is 13.4. The van der Waals surface area contributed by atoms with Crippen LogP contribution >= 0.6 is 0 Å². The molecule has 1 aliphatic heterocycles. The van der Waals surface area contributed by atoms with E-state index in [0.717, 1.165) is 11.1 Å². The zero-order chi connectivity index (χ0) is 19.4. The Morgan fingerprint density at radius 2 is 1.85 bits per heavy atom. The lowest BCUT2D eigenvalue weighted by Crippen LogP contribution is -2.42. The first kappa shape index (κ1) is 19.1. The normalized spacial score (nSPS) is 14.6. The summed E-state index contributed by atoms with van der Waals surface area (Å²) in [5.74, 6) is -0.940. The summed E-state index contributed by atoms with van der Waals surface area (Å²) in [6.07, 6.45) is -4.55. The predicted molar refractivity (Wildman–Crippen MR) is 95.3 cm³/mol. The highest BCUT2D eigenvalue weighted by Gasteiger charge is 2.40. The van der Waals surface area contributed by atoms with Crippen LogP contribution in [0.4, 0.5) is 18.0 Å². The molecule has 1 unspecified atom stereocenters. The smallest absolute Gasteiger partial charge is 0.393 e. The van der Waals surface area contributed by atoms with Crippen molar-refractivity contribution >= 4 is 6.03 Å². The maximum absolute atomic E-state index is 13.4. The molecule has 0 spiro atoms. The summed E-state index contributed by atoms with van der Waals surface area (Å²) in [6.45, 7) is 0.279. The number of benzene rings is 2. The molecule has 0 radical (unpaired) electrons. The number of hydrogen-bond donors (Lipinski definition) is 1. The van der Waals surface area contributed by atoms with Crippen LogP contribution in [0.3, 0.4) is 0 Å². The fraction of sp³-hybridized carbons (Fsp3) is 0.350. The fourth-order valence-corrected chi connectivity index (χ4v) is 3.17. The van der Waals surface area contributed by atoms with Gasteiger partial charge in [-0.1, -0.05) is 36.4 Å². The van der Waals surface area contributed by atoms with Gasteiger partial charge in [-0.3, -0.25) is 0 Å². The summed E-state index contributed by atoms with van der Waals surface area (Å²) in [5, 5.41) is 2.45. The Labute approximate surface area is 155 Å². The molecular formula is C20H21F3N2O2. The van der Waals surface area contributed by atoms with E-state index in [2.05, 4.69) is 5.32 Å². The number of hydrogen-bond acceptors (Lipinski definition) is 2. The highest BCUT2D eigenvalue weighted by molar-refractivity contribution is 5.75. The van der Waals surface area contributed by atoms with E-state index in [1.54, 1.807) is 43.5 Å². The second-order valence-corrected chi connectivity index (χ2v) is 6.61. The Bertz CT molecular complexity index is 794. The lowest BCUT2D eigenvalue weighted by Gasteiger charge is -2.23. The quantitative estimate of drug-likeness (QED) is 0.850. The van der Waals surface area contributed by atoms with E-state index in [9.17, 15) is 18.0 Å². The summed E-state index contributed by atoms with van der Waals surface area (Å²) in [4.78, 5) is 13.9. The molecule has 0 saturated heterocycles. The standard InChI is InChI=1S/C20H21F3N2O2/c1-27-18-8-7-15-12-25(13-16(15)10-18)19(26)24-11-17(20(21,22)23)9-14-5-3-2-4-6-14/h2-8,10,17H,9,11-13H2,1H3,(H,24,26). The first-order valence-electron chi connectivity index (χ1n) is 8.66. The fourth-order valence-electron chi connectivity index (χ4n) is 3.17. The van der Waals surface area contributed by atoms with Gasteiger partial charge in [0.1, 0.15) is 5.75 Å².